The number of amides is 3. The van der Waals surface area contributed by atoms with Crippen LogP contribution in [0.5, 0.6) is 5.75 Å². The number of likely N-dealkylation sites (N-methyl/N-ethyl adjacent to an activating group) is 1. The number of carbonyl (C=O) groups excluding carboxylic acids is 3. The van der Waals surface area contributed by atoms with Crippen molar-refractivity contribution in [3.8, 4) is 5.75 Å². The van der Waals surface area contributed by atoms with Gasteiger partial charge in [-0.3, -0.25) is 14.4 Å². The van der Waals surface area contributed by atoms with Crippen molar-refractivity contribution in [1.29, 1.82) is 0 Å². The standard InChI is InChI=1S/C24H29N3O4/c1-24(2,3)17-11-9-16(10-12-17)22(29)26-14-13-21(28)27-15-20(23(30)25-4)31-19-8-6-5-7-18(19)27/h5-12,20H,13-15H2,1-4H3,(H,25,30)(H,26,29). The van der Waals surface area contributed by atoms with E-state index in [4.69, 9.17) is 4.74 Å². The highest BCUT2D eigenvalue weighted by Crippen LogP contribution is 2.33. The van der Waals surface area contributed by atoms with E-state index in [1.165, 1.54) is 7.05 Å². The Hall–Kier alpha value is -3.35. The summed E-state index contributed by atoms with van der Waals surface area (Å²) in [5.41, 5.74) is 2.34. The van der Waals surface area contributed by atoms with E-state index in [1.54, 1.807) is 35.2 Å². The molecule has 0 saturated heterocycles. The van der Waals surface area contributed by atoms with Gasteiger partial charge in [0.2, 0.25) is 5.91 Å². The molecule has 1 aliphatic heterocycles. The Morgan fingerprint density at radius 2 is 1.74 bits per heavy atom. The van der Waals surface area contributed by atoms with E-state index >= 15 is 0 Å². The molecule has 0 fully saturated rings. The van der Waals surface area contributed by atoms with Crippen molar-refractivity contribution >= 4 is 23.4 Å². The summed E-state index contributed by atoms with van der Waals surface area (Å²) >= 11 is 0. The molecule has 2 aromatic carbocycles. The fourth-order valence-electron chi connectivity index (χ4n) is 3.41. The van der Waals surface area contributed by atoms with Crippen LogP contribution in [0, 0.1) is 0 Å². The molecule has 1 unspecified atom stereocenters. The van der Waals surface area contributed by atoms with Gasteiger partial charge in [0.15, 0.2) is 6.10 Å². The predicted octanol–water partition coefficient (Wildman–Crippen LogP) is 2.64. The summed E-state index contributed by atoms with van der Waals surface area (Å²) in [7, 11) is 1.53. The molecule has 0 saturated carbocycles. The molecule has 7 nitrogen and oxygen atoms in total. The minimum atomic E-state index is -0.778. The zero-order valence-electron chi connectivity index (χ0n) is 18.4. The Bertz CT molecular complexity index is 964. The van der Waals surface area contributed by atoms with Crippen molar-refractivity contribution in [3.63, 3.8) is 0 Å². The Kier molecular flexibility index (Phi) is 6.63. The summed E-state index contributed by atoms with van der Waals surface area (Å²) in [6, 6.07) is 14.6. The first-order valence-corrected chi connectivity index (χ1v) is 10.4. The van der Waals surface area contributed by atoms with Gasteiger partial charge in [-0.25, -0.2) is 0 Å². The number of anilines is 1. The molecule has 0 spiro atoms. The summed E-state index contributed by atoms with van der Waals surface area (Å²) in [5.74, 6) is -0.218. The Morgan fingerprint density at radius 1 is 1.06 bits per heavy atom. The van der Waals surface area contributed by atoms with E-state index in [0.29, 0.717) is 17.0 Å². The van der Waals surface area contributed by atoms with Gasteiger partial charge in [-0.15, -0.1) is 0 Å². The van der Waals surface area contributed by atoms with Gasteiger partial charge in [0.05, 0.1) is 12.2 Å². The molecule has 1 aliphatic rings. The van der Waals surface area contributed by atoms with E-state index < -0.39 is 6.10 Å². The SMILES string of the molecule is CNC(=O)C1CN(C(=O)CCNC(=O)c2ccc(C(C)(C)C)cc2)c2ccccc2O1. The fraction of sp³-hybridized carbons (Fsp3) is 0.375. The number of rotatable bonds is 5. The van der Waals surface area contributed by atoms with Crippen molar-refractivity contribution in [2.75, 3.05) is 25.0 Å². The summed E-state index contributed by atoms with van der Waals surface area (Å²) < 4.78 is 5.72. The number of nitrogens with one attached hydrogen (secondary N) is 2. The van der Waals surface area contributed by atoms with Crippen LogP contribution in [0.1, 0.15) is 43.1 Å². The number of para-hydroxylation sites is 2. The first-order valence-electron chi connectivity index (χ1n) is 10.4. The number of fused-ring (bicyclic) bond motifs is 1. The molecule has 2 N–H and O–H groups in total. The second-order valence-electron chi connectivity index (χ2n) is 8.53. The molecule has 0 aromatic heterocycles. The van der Waals surface area contributed by atoms with E-state index in [2.05, 4.69) is 31.4 Å². The van der Waals surface area contributed by atoms with Crippen molar-refractivity contribution in [2.24, 2.45) is 0 Å². The molecular formula is C24H29N3O4. The number of benzene rings is 2. The predicted molar refractivity (Wildman–Crippen MR) is 119 cm³/mol. The van der Waals surface area contributed by atoms with Crippen LogP contribution < -0.4 is 20.3 Å². The number of ether oxygens (including phenoxy) is 1. The third-order valence-corrected chi connectivity index (χ3v) is 5.25. The van der Waals surface area contributed by atoms with Gasteiger partial charge in [-0.1, -0.05) is 45.0 Å². The number of hydrogen-bond donors (Lipinski definition) is 2. The molecule has 164 valence electrons. The first-order chi connectivity index (χ1) is 14.7. The highest BCUT2D eigenvalue weighted by atomic mass is 16.5. The lowest BCUT2D eigenvalue weighted by atomic mass is 9.87. The molecule has 2 aromatic rings. The van der Waals surface area contributed by atoms with Gasteiger partial charge in [-0.05, 0) is 35.2 Å². The molecule has 1 heterocycles. The van der Waals surface area contributed by atoms with Crippen LogP contribution >= 0.6 is 0 Å². The minimum Gasteiger partial charge on any atom is -0.477 e. The zero-order valence-corrected chi connectivity index (χ0v) is 18.4. The summed E-state index contributed by atoms with van der Waals surface area (Å²) in [5, 5.41) is 5.35. The van der Waals surface area contributed by atoms with Gasteiger partial charge in [0, 0.05) is 25.6 Å². The quantitative estimate of drug-likeness (QED) is 0.774. The topological polar surface area (TPSA) is 87.7 Å². The number of hydrogen-bond acceptors (Lipinski definition) is 4. The van der Waals surface area contributed by atoms with Crippen LogP contribution in [-0.4, -0.2) is 44.0 Å². The van der Waals surface area contributed by atoms with Gasteiger partial charge in [-0.2, -0.15) is 0 Å². The van der Waals surface area contributed by atoms with Gasteiger partial charge < -0.3 is 20.3 Å². The molecule has 0 bridgehead atoms. The van der Waals surface area contributed by atoms with Gasteiger partial charge >= 0.3 is 0 Å². The van der Waals surface area contributed by atoms with E-state index in [0.717, 1.165) is 5.56 Å². The highest BCUT2D eigenvalue weighted by molar-refractivity contribution is 5.98. The lowest BCUT2D eigenvalue weighted by molar-refractivity contribution is -0.127. The molecule has 0 aliphatic carbocycles. The lowest BCUT2D eigenvalue weighted by Gasteiger charge is -2.34. The third kappa shape index (κ3) is 5.23. The third-order valence-electron chi connectivity index (χ3n) is 5.25. The smallest absolute Gasteiger partial charge is 0.262 e. The Labute approximate surface area is 182 Å². The van der Waals surface area contributed by atoms with Crippen LogP contribution in [-0.2, 0) is 15.0 Å². The molecular weight excluding hydrogens is 394 g/mol. The molecule has 31 heavy (non-hydrogen) atoms. The minimum absolute atomic E-state index is 0.0163. The normalized spacial score (nSPS) is 15.5. The first kappa shape index (κ1) is 22.3. The molecule has 3 amide bonds. The maximum Gasteiger partial charge on any atom is 0.262 e. The van der Waals surface area contributed by atoms with Crippen LogP contribution in [0.15, 0.2) is 48.5 Å². The van der Waals surface area contributed by atoms with Crippen LogP contribution in [0.25, 0.3) is 0 Å². The Morgan fingerprint density at radius 3 is 2.39 bits per heavy atom. The maximum atomic E-state index is 12.9. The molecule has 3 rings (SSSR count). The average Bonchev–Trinajstić information content (AvgIpc) is 2.77. The van der Waals surface area contributed by atoms with Crippen molar-refractivity contribution < 1.29 is 19.1 Å². The molecule has 7 heteroatoms. The summed E-state index contributed by atoms with van der Waals surface area (Å²) in [6.07, 6.45) is -0.666. The van der Waals surface area contributed by atoms with Gasteiger partial charge in [0.1, 0.15) is 5.75 Å². The van der Waals surface area contributed by atoms with Gasteiger partial charge in [0.25, 0.3) is 11.8 Å². The van der Waals surface area contributed by atoms with E-state index in [-0.39, 0.29) is 42.6 Å². The maximum absolute atomic E-state index is 12.9. The number of nitrogens with zero attached hydrogens (tertiary/aromatic N) is 1. The van der Waals surface area contributed by atoms with Crippen molar-refractivity contribution in [3.05, 3.63) is 59.7 Å². The second-order valence-corrected chi connectivity index (χ2v) is 8.53. The highest BCUT2D eigenvalue weighted by Gasteiger charge is 2.33. The molecule has 0 radical (unpaired) electrons. The van der Waals surface area contributed by atoms with Crippen molar-refractivity contribution in [2.45, 2.75) is 38.7 Å². The van der Waals surface area contributed by atoms with Crippen LogP contribution in [0.4, 0.5) is 5.69 Å². The second kappa shape index (κ2) is 9.20. The van der Waals surface area contributed by atoms with Crippen LogP contribution in [0.3, 0.4) is 0 Å². The van der Waals surface area contributed by atoms with E-state index in [9.17, 15) is 14.4 Å². The van der Waals surface area contributed by atoms with Crippen molar-refractivity contribution in [1.82, 2.24) is 10.6 Å². The Balaban J connectivity index is 1.61. The lowest BCUT2D eigenvalue weighted by Crippen LogP contribution is -2.50. The summed E-state index contributed by atoms with van der Waals surface area (Å²) in [6.45, 7) is 6.67. The monoisotopic (exact) mass is 423 g/mol. The average molecular weight is 424 g/mol. The fourth-order valence-corrected chi connectivity index (χ4v) is 3.41. The van der Waals surface area contributed by atoms with Crippen LogP contribution in [0.2, 0.25) is 0 Å². The number of carbonyl (C=O) groups is 3. The zero-order chi connectivity index (χ0) is 22.6. The van der Waals surface area contributed by atoms with E-state index in [1.807, 2.05) is 18.2 Å². The summed E-state index contributed by atoms with van der Waals surface area (Å²) in [4.78, 5) is 38.9. The largest absolute Gasteiger partial charge is 0.477 e. The molecule has 1 atom stereocenters.